The van der Waals surface area contributed by atoms with Crippen LogP contribution in [0.5, 0.6) is 0 Å². The van der Waals surface area contributed by atoms with Crippen molar-refractivity contribution in [3.8, 4) is 0 Å². The maximum atomic E-state index is 13.0. The number of anilines is 2. The molecule has 2 rings (SSSR count). The molecule has 2 aromatic rings. The summed E-state index contributed by atoms with van der Waals surface area (Å²) >= 11 is 5.24. The first-order valence-corrected chi connectivity index (χ1v) is 6.22. The van der Waals surface area contributed by atoms with Gasteiger partial charge in [0.25, 0.3) is 0 Å². The molecule has 0 spiro atoms. The van der Waals surface area contributed by atoms with Gasteiger partial charge in [-0.2, -0.15) is 0 Å². The zero-order chi connectivity index (χ0) is 11.5. The van der Waals surface area contributed by atoms with E-state index in [0.717, 1.165) is 9.26 Å². The fourth-order valence-corrected chi connectivity index (χ4v) is 1.74. The van der Waals surface area contributed by atoms with E-state index in [4.69, 9.17) is 0 Å². The molecule has 82 valence electrons. The van der Waals surface area contributed by atoms with Crippen LogP contribution in [-0.4, -0.2) is 9.97 Å². The van der Waals surface area contributed by atoms with Crippen molar-refractivity contribution in [2.24, 2.45) is 0 Å². The zero-order valence-corrected chi connectivity index (χ0v) is 11.7. The lowest BCUT2D eigenvalue weighted by atomic mass is 10.3. The molecule has 1 aromatic carbocycles. The Labute approximate surface area is 114 Å². The summed E-state index contributed by atoms with van der Waals surface area (Å²) in [5.41, 5.74) is 0.731. The summed E-state index contributed by atoms with van der Waals surface area (Å²) in [6.45, 7) is 0. The highest BCUT2D eigenvalue weighted by atomic mass is 127. The van der Waals surface area contributed by atoms with E-state index in [1.54, 1.807) is 24.5 Å². The van der Waals surface area contributed by atoms with E-state index in [1.807, 2.05) is 0 Å². The van der Waals surface area contributed by atoms with Crippen LogP contribution in [0.4, 0.5) is 16.0 Å². The lowest BCUT2D eigenvalue weighted by molar-refractivity contribution is 0.621. The van der Waals surface area contributed by atoms with E-state index in [-0.39, 0.29) is 5.82 Å². The largest absolute Gasteiger partial charge is 0.324 e. The van der Waals surface area contributed by atoms with E-state index in [9.17, 15) is 4.39 Å². The van der Waals surface area contributed by atoms with Crippen LogP contribution in [0.1, 0.15) is 0 Å². The first kappa shape index (κ1) is 11.7. The van der Waals surface area contributed by atoms with Crippen molar-refractivity contribution in [2.75, 3.05) is 5.32 Å². The van der Waals surface area contributed by atoms with Crippen molar-refractivity contribution < 1.29 is 4.39 Å². The van der Waals surface area contributed by atoms with Crippen LogP contribution in [-0.2, 0) is 0 Å². The van der Waals surface area contributed by atoms with Crippen LogP contribution in [0.3, 0.4) is 0 Å². The van der Waals surface area contributed by atoms with Crippen LogP contribution in [0, 0.1) is 9.39 Å². The molecule has 3 nitrogen and oxygen atoms in total. The lowest BCUT2D eigenvalue weighted by Crippen LogP contribution is -1.97. The van der Waals surface area contributed by atoms with Crippen molar-refractivity contribution in [3.63, 3.8) is 0 Å². The van der Waals surface area contributed by atoms with Crippen LogP contribution < -0.4 is 5.32 Å². The molecule has 0 saturated heterocycles. The third-order valence-corrected chi connectivity index (χ3v) is 2.96. The quantitative estimate of drug-likeness (QED) is 0.790. The first-order chi connectivity index (χ1) is 7.65. The lowest BCUT2D eigenvalue weighted by Gasteiger charge is -2.05. The molecule has 0 bridgehead atoms. The number of benzene rings is 1. The van der Waals surface area contributed by atoms with E-state index in [1.165, 1.54) is 6.07 Å². The molecule has 0 saturated carbocycles. The van der Waals surface area contributed by atoms with E-state index < -0.39 is 0 Å². The number of hydrogen-bond acceptors (Lipinski definition) is 3. The van der Waals surface area contributed by atoms with Gasteiger partial charge in [0, 0.05) is 21.7 Å². The molecule has 0 aliphatic rings. The van der Waals surface area contributed by atoms with Gasteiger partial charge in [-0.05, 0) is 56.7 Å². The third-order valence-electron chi connectivity index (χ3n) is 1.80. The summed E-state index contributed by atoms with van der Waals surface area (Å²) in [6.07, 6.45) is 3.41. The van der Waals surface area contributed by atoms with E-state index >= 15 is 0 Å². The fraction of sp³-hybridized carbons (Fsp3) is 0. The van der Waals surface area contributed by atoms with Crippen molar-refractivity contribution in [2.45, 2.75) is 0 Å². The Morgan fingerprint density at radius 1 is 1.25 bits per heavy atom. The number of aromatic nitrogens is 2. The predicted octanol–water partition coefficient (Wildman–Crippen LogP) is 3.73. The molecule has 0 aliphatic heterocycles. The highest BCUT2D eigenvalue weighted by Gasteiger charge is 2.02. The van der Waals surface area contributed by atoms with Crippen LogP contribution in [0.2, 0.25) is 0 Å². The van der Waals surface area contributed by atoms with Gasteiger partial charge in [-0.3, -0.25) is 0 Å². The van der Waals surface area contributed by atoms with Crippen molar-refractivity contribution >= 4 is 50.2 Å². The summed E-state index contributed by atoms with van der Waals surface area (Å²) in [5.74, 6) is 0.188. The monoisotopic (exact) mass is 393 g/mol. The summed E-state index contributed by atoms with van der Waals surface area (Å²) in [6, 6.07) is 4.64. The van der Waals surface area contributed by atoms with Gasteiger partial charge in [0.1, 0.15) is 5.82 Å². The Morgan fingerprint density at radius 2 is 1.94 bits per heavy atom. The molecule has 1 heterocycles. The van der Waals surface area contributed by atoms with Gasteiger partial charge in [-0.15, -0.1) is 0 Å². The normalized spacial score (nSPS) is 10.2. The second-order valence-corrected chi connectivity index (χ2v) is 5.08. The molecule has 16 heavy (non-hydrogen) atoms. The Hall–Kier alpha value is -0.760. The van der Waals surface area contributed by atoms with Gasteiger partial charge in [0.05, 0.1) is 4.47 Å². The molecule has 0 amide bonds. The molecule has 0 aliphatic carbocycles. The molecule has 0 radical (unpaired) electrons. The summed E-state index contributed by atoms with van der Waals surface area (Å²) < 4.78 is 14.4. The molecular weight excluding hydrogens is 388 g/mol. The molecular formula is C10H6BrFIN3. The van der Waals surface area contributed by atoms with Crippen LogP contribution in [0.15, 0.2) is 35.1 Å². The molecule has 1 N–H and O–H groups in total. The maximum Gasteiger partial charge on any atom is 0.227 e. The minimum Gasteiger partial charge on any atom is -0.324 e. The van der Waals surface area contributed by atoms with E-state index in [2.05, 4.69) is 53.8 Å². The Bertz CT molecular complexity index is 504. The number of nitrogens with zero attached hydrogens (tertiary/aromatic N) is 2. The van der Waals surface area contributed by atoms with Gasteiger partial charge in [-0.1, -0.05) is 0 Å². The van der Waals surface area contributed by atoms with E-state index in [0.29, 0.717) is 10.4 Å². The number of hydrogen-bond donors (Lipinski definition) is 1. The molecule has 0 fully saturated rings. The maximum absolute atomic E-state index is 13.0. The molecule has 0 atom stereocenters. The van der Waals surface area contributed by atoms with Crippen molar-refractivity contribution in [1.82, 2.24) is 9.97 Å². The van der Waals surface area contributed by atoms with Crippen molar-refractivity contribution in [1.29, 1.82) is 0 Å². The van der Waals surface area contributed by atoms with Crippen LogP contribution >= 0.6 is 38.5 Å². The van der Waals surface area contributed by atoms with Gasteiger partial charge in [0.15, 0.2) is 0 Å². The third kappa shape index (κ3) is 2.88. The predicted molar refractivity (Wildman–Crippen MR) is 72.1 cm³/mol. The standard InChI is InChI=1S/C10H6BrFIN3/c11-8-3-7(1-2-9(8)12)16-10-14-4-6(13)5-15-10/h1-5H,(H,14,15,16). The second-order valence-electron chi connectivity index (χ2n) is 2.98. The summed E-state index contributed by atoms with van der Waals surface area (Å²) in [4.78, 5) is 8.17. The first-order valence-electron chi connectivity index (χ1n) is 4.35. The zero-order valence-electron chi connectivity index (χ0n) is 7.92. The molecule has 0 unspecified atom stereocenters. The Kier molecular flexibility index (Phi) is 3.70. The highest BCUT2D eigenvalue weighted by Crippen LogP contribution is 2.21. The average molecular weight is 394 g/mol. The highest BCUT2D eigenvalue weighted by molar-refractivity contribution is 14.1. The van der Waals surface area contributed by atoms with Crippen molar-refractivity contribution in [3.05, 3.63) is 44.5 Å². The minimum atomic E-state index is -0.297. The molecule has 6 heteroatoms. The Balaban J connectivity index is 2.20. The van der Waals surface area contributed by atoms with Gasteiger partial charge >= 0.3 is 0 Å². The van der Waals surface area contributed by atoms with Gasteiger partial charge in [0.2, 0.25) is 5.95 Å². The average Bonchev–Trinajstić information content (AvgIpc) is 2.27. The summed E-state index contributed by atoms with van der Waals surface area (Å²) in [7, 11) is 0. The molecule has 1 aromatic heterocycles. The Morgan fingerprint density at radius 3 is 2.56 bits per heavy atom. The van der Waals surface area contributed by atoms with Crippen LogP contribution in [0.25, 0.3) is 0 Å². The number of rotatable bonds is 2. The van der Waals surface area contributed by atoms with Gasteiger partial charge < -0.3 is 5.32 Å². The minimum absolute atomic E-state index is 0.297. The topological polar surface area (TPSA) is 37.8 Å². The smallest absolute Gasteiger partial charge is 0.227 e. The SMILES string of the molecule is Fc1ccc(Nc2ncc(I)cn2)cc1Br. The van der Waals surface area contributed by atoms with Gasteiger partial charge in [-0.25, -0.2) is 14.4 Å². The number of nitrogens with one attached hydrogen (secondary N) is 1. The second kappa shape index (κ2) is 5.05. The number of halogens is 3. The fourth-order valence-electron chi connectivity index (χ4n) is 1.08. The summed E-state index contributed by atoms with van der Waals surface area (Å²) in [5, 5.41) is 2.98.